The Morgan fingerprint density at radius 3 is 2.57 bits per heavy atom. The van der Waals surface area contributed by atoms with Crippen LogP contribution < -0.4 is 4.90 Å². The van der Waals surface area contributed by atoms with Gasteiger partial charge >= 0.3 is 0 Å². The average Bonchev–Trinajstić information content (AvgIpc) is 2.72. The van der Waals surface area contributed by atoms with Gasteiger partial charge in [0, 0.05) is 4.47 Å². The van der Waals surface area contributed by atoms with E-state index >= 15 is 0 Å². The minimum absolute atomic E-state index is 0.405. The molecule has 0 atom stereocenters. The molecule has 0 aromatic heterocycles. The number of Topliss-reactive ketones (excluding diaryl/α,β-unsaturated/α-hetero) is 1. The zero-order valence-corrected chi connectivity index (χ0v) is 13.2. The predicted molar refractivity (Wildman–Crippen MR) is 85.5 cm³/mol. The minimum atomic E-state index is -0.446. The number of benzene rings is 2. The molecule has 0 N–H and O–H groups in total. The Morgan fingerprint density at radius 1 is 1.05 bits per heavy atom. The first-order valence-electron chi connectivity index (χ1n) is 6.83. The molecule has 0 radical (unpaired) electrons. The summed E-state index contributed by atoms with van der Waals surface area (Å²) in [4.78, 5) is 25.9. The molecule has 0 bridgehead atoms. The molecule has 0 unspecified atom stereocenters. The molecule has 0 spiro atoms. The lowest BCUT2D eigenvalue weighted by atomic mass is 10.1. The van der Waals surface area contributed by atoms with Gasteiger partial charge in [-0.3, -0.25) is 9.59 Å². The quantitative estimate of drug-likeness (QED) is 0.796. The fourth-order valence-corrected chi connectivity index (χ4v) is 2.99. The third-order valence-electron chi connectivity index (χ3n) is 3.67. The lowest BCUT2D eigenvalue weighted by Gasteiger charge is -2.17. The fraction of sp³-hybridized carbons (Fsp3) is 0.176. The van der Waals surface area contributed by atoms with E-state index in [0.717, 1.165) is 22.0 Å². The number of hydrogen-bond donors (Lipinski definition) is 0. The van der Waals surface area contributed by atoms with E-state index in [1.54, 1.807) is 4.90 Å². The second-order valence-electron chi connectivity index (χ2n) is 5.06. The zero-order valence-electron chi connectivity index (χ0n) is 11.6. The smallest absolute Gasteiger partial charge is 0.299 e. The first kappa shape index (κ1) is 14.0. The van der Waals surface area contributed by atoms with Gasteiger partial charge in [-0.2, -0.15) is 0 Å². The Morgan fingerprint density at radius 2 is 1.86 bits per heavy atom. The molecular weight excluding hydrogens is 330 g/mol. The van der Waals surface area contributed by atoms with E-state index in [9.17, 15) is 9.59 Å². The van der Waals surface area contributed by atoms with Crippen LogP contribution in [0.15, 0.2) is 46.9 Å². The van der Waals surface area contributed by atoms with Crippen molar-refractivity contribution in [1.29, 1.82) is 0 Å². The summed E-state index contributed by atoms with van der Waals surface area (Å²) in [5, 5.41) is 0. The van der Waals surface area contributed by atoms with Crippen LogP contribution in [0.5, 0.6) is 0 Å². The summed E-state index contributed by atoms with van der Waals surface area (Å²) in [6.07, 6.45) is 0.848. The number of nitrogens with zero attached hydrogens (tertiary/aromatic N) is 1. The molecule has 1 amide bonds. The number of aryl methyl sites for hydroxylation is 1. The average molecular weight is 344 g/mol. The number of halogens is 1. The third-order valence-corrected chi connectivity index (χ3v) is 4.17. The number of anilines is 1. The van der Waals surface area contributed by atoms with E-state index in [1.165, 1.54) is 0 Å². The van der Waals surface area contributed by atoms with Crippen LogP contribution in [0.1, 0.15) is 28.4 Å². The van der Waals surface area contributed by atoms with Gasteiger partial charge < -0.3 is 4.90 Å². The first-order chi connectivity index (χ1) is 10.1. The number of fused-ring (bicyclic) bond motifs is 1. The number of hydrogen-bond acceptors (Lipinski definition) is 2. The topological polar surface area (TPSA) is 37.4 Å². The van der Waals surface area contributed by atoms with Gasteiger partial charge in [0.1, 0.15) is 0 Å². The second-order valence-corrected chi connectivity index (χ2v) is 5.97. The molecule has 0 fully saturated rings. The van der Waals surface area contributed by atoms with Gasteiger partial charge in [0.25, 0.3) is 11.7 Å². The van der Waals surface area contributed by atoms with Crippen molar-refractivity contribution in [2.75, 3.05) is 4.90 Å². The van der Waals surface area contributed by atoms with Gasteiger partial charge in [-0.25, -0.2) is 0 Å². The van der Waals surface area contributed by atoms with E-state index in [1.807, 2.05) is 49.4 Å². The molecule has 1 heterocycles. The molecular formula is C17H14BrNO2. The molecule has 2 aromatic carbocycles. The monoisotopic (exact) mass is 343 g/mol. The standard InChI is InChI=1S/C17H14BrNO2/c1-2-11-6-7-15-14(9-11)16(20)17(21)19(15)10-12-4-3-5-13(18)8-12/h3-9H,2,10H2,1H3. The molecule has 0 aliphatic carbocycles. The van der Waals surface area contributed by atoms with E-state index in [-0.39, 0.29) is 0 Å². The number of ketones is 1. The van der Waals surface area contributed by atoms with Crippen LogP contribution in [0.3, 0.4) is 0 Å². The highest BCUT2D eigenvalue weighted by Gasteiger charge is 2.35. The molecule has 4 heteroatoms. The van der Waals surface area contributed by atoms with Crippen molar-refractivity contribution >= 4 is 33.3 Å². The maximum Gasteiger partial charge on any atom is 0.299 e. The van der Waals surface area contributed by atoms with Crippen molar-refractivity contribution in [2.24, 2.45) is 0 Å². The fourth-order valence-electron chi connectivity index (χ4n) is 2.54. The Hall–Kier alpha value is -1.94. The molecule has 0 saturated carbocycles. The summed E-state index contributed by atoms with van der Waals surface area (Å²) in [6.45, 7) is 2.44. The van der Waals surface area contributed by atoms with Crippen molar-refractivity contribution in [2.45, 2.75) is 19.9 Å². The highest BCUT2D eigenvalue weighted by molar-refractivity contribution is 9.10. The molecule has 2 aromatic rings. The Kier molecular flexibility index (Phi) is 3.64. The van der Waals surface area contributed by atoms with Crippen LogP contribution in [0.2, 0.25) is 0 Å². The summed E-state index contributed by atoms with van der Waals surface area (Å²) in [5.74, 6) is -0.853. The molecule has 0 saturated heterocycles. The van der Waals surface area contributed by atoms with Crippen LogP contribution in [0.25, 0.3) is 0 Å². The molecule has 106 valence electrons. The van der Waals surface area contributed by atoms with E-state index in [2.05, 4.69) is 15.9 Å². The summed E-state index contributed by atoms with van der Waals surface area (Å²) >= 11 is 3.42. The summed E-state index contributed by atoms with van der Waals surface area (Å²) in [5.41, 5.74) is 3.29. The van der Waals surface area contributed by atoms with Crippen LogP contribution in [0.4, 0.5) is 5.69 Å². The van der Waals surface area contributed by atoms with Crippen LogP contribution in [-0.4, -0.2) is 11.7 Å². The lowest BCUT2D eigenvalue weighted by molar-refractivity contribution is -0.114. The SMILES string of the molecule is CCc1ccc2c(c1)C(=O)C(=O)N2Cc1cccc(Br)c1. The number of amides is 1. The first-order valence-corrected chi connectivity index (χ1v) is 7.63. The van der Waals surface area contributed by atoms with Gasteiger partial charge in [0.05, 0.1) is 17.8 Å². The van der Waals surface area contributed by atoms with Gasteiger partial charge in [0.2, 0.25) is 0 Å². The van der Waals surface area contributed by atoms with E-state index < -0.39 is 11.7 Å². The maximum absolute atomic E-state index is 12.2. The Balaban J connectivity index is 1.98. The van der Waals surface area contributed by atoms with E-state index in [0.29, 0.717) is 17.8 Å². The minimum Gasteiger partial charge on any atom is -0.300 e. The lowest BCUT2D eigenvalue weighted by Crippen LogP contribution is -2.29. The van der Waals surface area contributed by atoms with Gasteiger partial charge in [-0.05, 0) is 41.8 Å². The number of rotatable bonds is 3. The Bertz CT molecular complexity index is 739. The second kappa shape index (κ2) is 5.45. The molecule has 1 aliphatic heterocycles. The van der Waals surface area contributed by atoms with Crippen molar-refractivity contribution in [3.05, 3.63) is 63.6 Å². The summed E-state index contributed by atoms with van der Waals surface area (Å²) in [6, 6.07) is 13.4. The summed E-state index contributed by atoms with van der Waals surface area (Å²) in [7, 11) is 0. The molecule has 3 nitrogen and oxygen atoms in total. The zero-order chi connectivity index (χ0) is 15.0. The normalized spacial score (nSPS) is 13.7. The van der Waals surface area contributed by atoms with Crippen molar-refractivity contribution < 1.29 is 9.59 Å². The maximum atomic E-state index is 12.2. The highest BCUT2D eigenvalue weighted by Crippen LogP contribution is 2.31. The van der Waals surface area contributed by atoms with Gasteiger partial charge in [0.15, 0.2) is 0 Å². The van der Waals surface area contributed by atoms with Crippen LogP contribution in [0, 0.1) is 0 Å². The van der Waals surface area contributed by atoms with Gasteiger partial charge in [-0.1, -0.05) is 41.1 Å². The Labute approximate surface area is 131 Å². The highest BCUT2D eigenvalue weighted by atomic mass is 79.9. The largest absolute Gasteiger partial charge is 0.300 e. The third kappa shape index (κ3) is 2.51. The van der Waals surface area contributed by atoms with Crippen molar-refractivity contribution in [1.82, 2.24) is 0 Å². The van der Waals surface area contributed by atoms with Crippen molar-refractivity contribution in [3.63, 3.8) is 0 Å². The number of carbonyl (C=O) groups excluding carboxylic acids is 2. The summed E-state index contributed by atoms with van der Waals surface area (Å²) < 4.78 is 0.958. The van der Waals surface area contributed by atoms with E-state index in [4.69, 9.17) is 0 Å². The molecule has 3 rings (SSSR count). The molecule has 21 heavy (non-hydrogen) atoms. The van der Waals surface area contributed by atoms with Crippen molar-refractivity contribution in [3.8, 4) is 0 Å². The predicted octanol–water partition coefficient (Wildman–Crippen LogP) is 3.74. The van der Waals surface area contributed by atoms with Crippen LogP contribution >= 0.6 is 15.9 Å². The van der Waals surface area contributed by atoms with Gasteiger partial charge in [-0.15, -0.1) is 0 Å². The molecule has 1 aliphatic rings. The number of carbonyl (C=O) groups is 2. The van der Waals surface area contributed by atoms with Crippen LogP contribution in [-0.2, 0) is 17.8 Å².